The average molecular weight is 690 g/mol. The molecule has 0 aromatic carbocycles. The van der Waals surface area contributed by atoms with Gasteiger partial charge in [0.05, 0.1) is 19.5 Å². The van der Waals surface area contributed by atoms with E-state index in [0.717, 1.165) is 32.1 Å². The van der Waals surface area contributed by atoms with Crippen LogP contribution in [0.3, 0.4) is 0 Å². The highest BCUT2D eigenvalue weighted by molar-refractivity contribution is 7.47. The molecule has 0 saturated heterocycles. The van der Waals surface area contributed by atoms with E-state index >= 15 is 0 Å². The van der Waals surface area contributed by atoms with Crippen molar-refractivity contribution in [3.63, 3.8) is 0 Å². The number of carbonyl (C=O) groups is 1. The number of hydrogen-bond acceptors (Lipinski definition) is 7. The highest BCUT2D eigenvalue weighted by Gasteiger charge is 2.25. The van der Waals surface area contributed by atoms with E-state index in [4.69, 9.17) is 24.3 Å². The number of allylic oxidation sites excluding steroid dienone is 1. The van der Waals surface area contributed by atoms with E-state index in [1.165, 1.54) is 141 Å². The van der Waals surface area contributed by atoms with Gasteiger partial charge in [-0.15, -0.1) is 0 Å². The molecule has 0 aromatic rings. The number of phosphoric ester groups is 1. The molecule has 0 rings (SSSR count). The summed E-state index contributed by atoms with van der Waals surface area (Å²) in [6, 6.07) is 0. The maximum absolute atomic E-state index is 12.5. The summed E-state index contributed by atoms with van der Waals surface area (Å²) in [5.74, 6) is -0.350. The molecule has 0 aliphatic rings. The first-order valence-corrected chi connectivity index (χ1v) is 21.2. The highest BCUT2D eigenvalue weighted by atomic mass is 31.2. The first kappa shape index (κ1) is 46.1. The molecule has 9 heteroatoms. The quantitative estimate of drug-likeness (QED) is 0.0285. The Hall–Kier alpha value is -0.920. The van der Waals surface area contributed by atoms with Gasteiger partial charge in [0, 0.05) is 13.0 Å². The lowest BCUT2D eigenvalue weighted by Gasteiger charge is -2.19. The molecule has 280 valence electrons. The van der Waals surface area contributed by atoms with Gasteiger partial charge in [-0.3, -0.25) is 13.8 Å². The molecular formula is C38H76NO7P. The normalized spacial score (nSPS) is 13.6. The van der Waals surface area contributed by atoms with Crippen molar-refractivity contribution in [1.82, 2.24) is 0 Å². The third-order valence-corrected chi connectivity index (χ3v) is 9.51. The van der Waals surface area contributed by atoms with E-state index in [9.17, 15) is 14.3 Å². The first-order valence-electron chi connectivity index (χ1n) is 19.7. The Morgan fingerprint density at radius 1 is 0.638 bits per heavy atom. The second-order valence-electron chi connectivity index (χ2n) is 13.2. The maximum Gasteiger partial charge on any atom is 0.472 e. The van der Waals surface area contributed by atoms with Crippen LogP contribution in [-0.2, 0) is 27.9 Å². The minimum atomic E-state index is -4.28. The van der Waals surface area contributed by atoms with Crippen molar-refractivity contribution in [1.29, 1.82) is 0 Å². The van der Waals surface area contributed by atoms with Crippen LogP contribution in [-0.4, -0.2) is 43.3 Å². The van der Waals surface area contributed by atoms with Crippen LogP contribution in [0.2, 0.25) is 0 Å². The van der Waals surface area contributed by atoms with Crippen molar-refractivity contribution in [3.8, 4) is 0 Å². The van der Waals surface area contributed by atoms with Gasteiger partial charge >= 0.3 is 13.8 Å². The Balaban J connectivity index is 4.10. The van der Waals surface area contributed by atoms with Gasteiger partial charge in [-0.05, 0) is 25.3 Å². The lowest BCUT2D eigenvalue weighted by Crippen LogP contribution is -2.27. The zero-order valence-electron chi connectivity index (χ0n) is 30.8. The monoisotopic (exact) mass is 690 g/mol. The summed E-state index contributed by atoms with van der Waals surface area (Å²) in [4.78, 5) is 22.4. The second kappa shape index (κ2) is 36.4. The smallest absolute Gasteiger partial charge is 0.472 e. The van der Waals surface area contributed by atoms with Gasteiger partial charge in [0.2, 0.25) is 0 Å². The van der Waals surface area contributed by atoms with E-state index in [2.05, 4.69) is 13.8 Å². The molecule has 0 bridgehead atoms. The molecule has 0 radical (unpaired) electrons. The fourth-order valence-electron chi connectivity index (χ4n) is 5.61. The van der Waals surface area contributed by atoms with Gasteiger partial charge in [-0.1, -0.05) is 168 Å². The van der Waals surface area contributed by atoms with E-state index in [0.29, 0.717) is 6.42 Å². The molecule has 1 unspecified atom stereocenters. The minimum absolute atomic E-state index is 0.0380. The summed E-state index contributed by atoms with van der Waals surface area (Å²) in [6.07, 6.45) is 37.4. The van der Waals surface area contributed by atoms with E-state index < -0.39 is 13.9 Å². The van der Waals surface area contributed by atoms with Crippen LogP contribution in [0.25, 0.3) is 0 Å². The van der Waals surface area contributed by atoms with E-state index in [-0.39, 0.29) is 32.3 Å². The Morgan fingerprint density at radius 3 is 1.51 bits per heavy atom. The third kappa shape index (κ3) is 36.2. The summed E-state index contributed by atoms with van der Waals surface area (Å²) < 4.78 is 33.1. The van der Waals surface area contributed by atoms with Gasteiger partial charge in [0.15, 0.2) is 6.10 Å². The Kier molecular flexibility index (Phi) is 35.7. The predicted octanol–water partition coefficient (Wildman–Crippen LogP) is 11.5. The Labute approximate surface area is 290 Å². The first-order chi connectivity index (χ1) is 22.9. The Bertz CT molecular complexity index is 737. The fraction of sp³-hybridized carbons (Fsp3) is 0.921. The molecule has 0 spiro atoms. The minimum Gasteiger partial charge on any atom is -0.498 e. The lowest BCUT2D eigenvalue weighted by molar-refractivity contribution is -0.153. The van der Waals surface area contributed by atoms with Crippen LogP contribution >= 0.6 is 7.82 Å². The highest BCUT2D eigenvalue weighted by Crippen LogP contribution is 2.43. The fourth-order valence-corrected chi connectivity index (χ4v) is 6.37. The van der Waals surface area contributed by atoms with Crippen molar-refractivity contribution in [3.05, 3.63) is 12.3 Å². The zero-order chi connectivity index (χ0) is 34.5. The van der Waals surface area contributed by atoms with Crippen LogP contribution in [0, 0.1) is 0 Å². The molecule has 0 aliphatic carbocycles. The van der Waals surface area contributed by atoms with Gasteiger partial charge in [-0.25, -0.2) is 4.57 Å². The zero-order valence-corrected chi connectivity index (χ0v) is 31.7. The van der Waals surface area contributed by atoms with Crippen molar-refractivity contribution < 1.29 is 32.8 Å². The SMILES string of the molecule is CCCCCCCCCCCCCC/C=C\OC[C@H](COP(=O)(O)OCCN)OC(=O)CCCCCCCCCCCCCCCC. The molecule has 2 atom stereocenters. The predicted molar refractivity (Wildman–Crippen MR) is 196 cm³/mol. The molecule has 47 heavy (non-hydrogen) atoms. The summed E-state index contributed by atoms with van der Waals surface area (Å²) in [5.41, 5.74) is 5.35. The molecule has 0 aromatic heterocycles. The molecule has 3 N–H and O–H groups in total. The van der Waals surface area contributed by atoms with Gasteiger partial charge in [0.1, 0.15) is 6.61 Å². The van der Waals surface area contributed by atoms with Crippen molar-refractivity contribution in [2.24, 2.45) is 5.73 Å². The largest absolute Gasteiger partial charge is 0.498 e. The van der Waals surface area contributed by atoms with Gasteiger partial charge in [0.25, 0.3) is 0 Å². The Morgan fingerprint density at radius 2 is 1.06 bits per heavy atom. The van der Waals surface area contributed by atoms with Gasteiger partial charge < -0.3 is 20.1 Å². The number of carbonyl (C=O) groups excluding carboxylic acids is 1. The molecule has 0 aliphatic heterocycles. The molecular weight excluding hydrogens is 613 g/mol. The van der Waals surface area contributed by atoms with Crippen molar-refractivity contribution in [2.45, 2.75) is 200 Å². The van der Waals surface area contributed by atoms with Crippen LogP contribution in [0.4, 0.5) is 0 Å². The number of unbranched alkanes of at least 4 members (excludes halogenated alkanes) is 25. The number of rotatable bonds is 38. The average Bonchev–Trinajstić information content (AvgIpc) is 3.06. The topological polar surface area (TPSA) is 117 Å². The van der Waals surface area contributed by atoms with E-state index in [1.54, 1.807) is 6.26 Å². The summed E-state index contributed by atoms with van der Waals surface area (Å²) in [7, 11) is -4.28. The number of nitrogens with two attached hydrogens (primary N) is 1. The van der Waals surface area contributed by atoms with Crippen LogP contribution in [0.1, 0.15) is 194 Å². The van der Waals surface area contributed by atoms with Crippen LogP contribution in [0.5, 0.6) is 0 Å². The number of esters is 1. The third-order valence-electron chi connectivity index (χ3n) is 8.53. The number of hydrogen-bond donors (Lipinski definition) is 2. The standard InChI is InChI=1S/C38H76NO7P/c1-3-5-7-9-11-13-15-17-19-21-23-25-27-29-31-38(40)46-37(36-45-47(41,42)44-34-32-39)35-43-33-30-28-26-24-22-20-18-16-14-12-10-8-6-4-2/h30,33,37H,3-29,31-32,34-36,39H2,1-2H3,(H,41,42)/b33-30-/t37-/m1/s1. The molecule has 0 saturated carbocycles. The molecule has 0 fully saturated rings. The second-order valence-corrected chi connectivity index (χ2v) is 14.7. The summed E-state index contributed by atoms with van der Waals surface area (Å²) in [6.45, 7) is 4.26. The lowest BCUT2D eigenvalue weighted by atomic mass is 10.0. The molecule has 0 heterocycles. The number of phosphoric acid groups is 1. The van der Waals surface area contributed by atoms with Crippen LogP contribution in [0.15, 0.2) is 12.3 Å². The van der Waals surface area contributed by atoms with Crippen molar-refractivity contribution >= 4 is 13.8 Å². The summed E-state index contributed by atoms with van der Waals surface area (Å²) >= 11 is 0. The number of ether oxygens (including phenoxy) is 2. The van der Waals surface area contributed by atoms with E-state index in [1.807, 2.05) is 6.08 Å². The maximum atomic E-state index is 12.5. The molecule has 8 nitrogen and oxygen atoms in total. The van der Waals surface area contributed by atoms with Crippen molar-refractivity contribution in [2.75, 3.05) is 26.4 Å². The summed E-state index contributed by atoms with van der Waals surface area (Å²) in [5, 5.41) is 0. The van der Waals surface area contributed by atoms with Crippen LogP contribution < -0.4 is 5.73 Å². The van der Waals surface area contributed by atoms with Gasteiger partial charge in [-0.2, -0.15) is 0 Å². The molecule has 0 amide bonds.